The Kier molecular flexibility index (Phi) is 7.78. The van der Waals surface area contributed by atoms with Crippen LogP contribution >= 0.6 is 23.2 Å². The van der Waals surface area contributed by atoms with Crippen molar-refractivity contribution in [2.75, 3.05) is 10.6 Å². The lowest BCUT2D eigenvalue weighted by Crippen LogP contribution is -2.13. The van der Waals surface area contributed by atoms with E-state index in [0.29, 0.717) is 49.6 Å². The molecule has 0 saturated heterocycles. The molecule has 1 fully saturated rings. The number of fused-ring (bicyclic) bond motifs is 1. The molecule has 0 amide bonds. The summed E-state index contributed by atoms with van der Waals surface area (Å²) in [5.41, 5.74) is 2.94. The molecule has 3 aromatic heterocycles. The fourth-order valence-corrected chi connectivity index (χ4v) is 4.40. The molecule has 2 N–H and O–H groups in total. The van der Waals surface area contributed by atoms with E-state index >= 15 is 0 Å². The van der Waals surface area contributed by atoms with Crippen molar-refractivity contribution < 1.29 is 8.78 Å². The van der Waals surface area contributed by atoms with E-state index in [9.17, 15) is 14.0 Å². The Bertz CT molecular complexity index is 1720. The second kappa shape index (κ2) is 11.4. The van der Waals surface area contributed by atoms with Gasteiger partial charge in [0, 0.05) is 28.4 Å². The lowest BCUT2D eigenvalue weighted by Gasteiger charge is -2.20. The molecule has 0 spiro atoms. The monoisotopic (exact) mass is 578 g/mol. The highest BCUT2D eigenvalue weighted by Crippen LogP contribution is 2.38. The van der Waals surface area contributed by atoms with Gasteiger partial charge in [-0.15, -0.1) is 5.10 Å². The first-order valence-corrected chi connectivity index (χ1v) is 13.0. The van der Waals surface area contributed by atoms with Crippen molar-refractivity contribution in [1.82, 2.24) is 25.0 Å². The largest absolute Gasteiger partial charge is 0.373 e. The standard InChI is InChI=1S/C28H22Cl2F2N8/c1-15(4-3-5-16(2)29)25(24-14-40(39-38-24)20-6-7-20)36-18-8-21-26(37-19-10-23(31)28(32)35-13-19)17(11-33)12-34-27(21)22(30)9-18/h3-5,8-10,12-14,20,25,36H,1,6-7H2,2H3,(H,34,37)/b4-3-,16-5+/t25-/m0/s1. The lowest BCUT2D eigenvalue weighted by molar-refractivity contribution is 0.480. The van der Waals surface area contributed by atoms with Crippen molar-refractivity contribution in [1.29, 1.82) is 5.26 Å². The van der Waals surface area contributed by atoms with Gasteiger partial charge in [-0.1, -0.05) is 47.1 Å². The third kappa shape index (κ3) is 5.96. The summed E-state index contributed by atoms with van der Waals surface area (Å²) in [5.74, 6) is -2.36. The van der Waals surface area contributed by atoms with Crippen LogP contribution in [0.25, 0.3) is 10.9 Å². The van der Waals surface area contributed by atoms with Crippen LogP contribution in [0.15, 0.2) is 72.2 Å². The number of anilines is 3. The number of nitriles is 1. The molecule has 202 valence electrons. The van der Waals surface area contributed by atoms with E-state index in [2.05, 4.69) is 43.6 Å². The molecule has 1 aromatic carbocycles. The van der Waals surface area contributed by atoms with E-state index in [-0.39, 0.29) is 11.3 Å². The van der Waals surface area contributed by atoms with E-state index in [0.717, 1.165) is 25.1 Å². The summed E-state index contributed by atoms with van der Waals surface area (Å²) >= 11 is 12.6. The van der Waals surface area contributed by atoms with Crippen molar-refractivity contribution in [3.63, 3.8) is 0 Å². The summed E-state index contributed by atoms with van der Waals surface area (Å²) < 4.78 is 29.1. The molecular formula is C28H22Cl2F2N8. The van der Waals surface area contributed by atoms with Crippen molar-refractivity contribution in [2.45, 2.75) is 31.8 Å². The molecule has 40 heavy (non-hydrogen) atoms. The lowest BCUT2D eigenvalue weighted by atomic mass is 10.0. The van der Waals surface area contributed by atoms with Gasteiger partial charge in [-0.25, -0.2) is 14.1 Å². The van der Waals surface area contributed by atoms with Gasteiger partial charge in [-0.3, -0.25) is 4.98 Å². The molecular weight excluding hydrogens is 557 g/mol. The highest BCUT2D eigenvalue weighted by molar-refractivity contribution is 6.36. The van der Waals surface area contributed by atoms with Gasteiger partial charge in [0.2, 0.25) is 5.95 Å². The summed E-state index contributed by atoms with van der Waals surface area (Å²) in [7, 11) is 0. The van der Waals surface area contributed by atoms with Gasteiger partial charge in [-0.2, -0.15) is 9.65 Å². The maximum absolute atomic E-state index is 13.9. The first kappa shape index (κ1) is 27.2. The van der Waals surface area contributed by atoms with Crippen LogP contribution in [0.2, 0.25) is 5.02 Å². The van der Waals surface area contributed by atoms with Crippen LogP contribution in [0.3, 0.4) is 0 Å². The SMILES string of the molecule is C=C(/C=C\C=C(/C)Cl)[C@H](Nc1cc(Cl)c2ncc(C#N)c(Nc3cnc(F)c(F)c3)c2c1)c1cn(C2CC2)nn1. The minimum absolute atomic E-state index is 0.146. The Morgan fingerprint density at radius 3 is 2.73 bits per heavy atom. The molecule has 12 heteroatoms. The quantitative estimate of drug-likeness (QED) is 0.156. The topological polar surface area (TPSA) is 104 Å². The highest BCUT2D eigenvalue weighted by atomic mass is 35.5. The van der Waals surface area contributed by atoms with Crippen molar-refractivity contribution in [3.8, 4) is 6.07 Å². The fraction of sp³-hybridized carbons (Fsp3) is 0.179. The number of hydrogen-bond donors (Lipinski definition) is 2. The van der Waals surface area contributed by atoms with Crippen molar-refractivity contribution in [2.24, 2.45) is 0 Å². The molecule has 1 saturated carbocycles. The zero-order valence-corrected chi connectivity index (χ0v) is 22.7. The smallest absolute Gasteiger partial charge is 0.249 e. The van der Waals surface area contributed by atoms with Crippen LogP contribution in [-0.2, 0) is 0 Å². The summed E-state index contributed by atoms with van der Waals surface area (Å²) in [6, 6.07) is 6.33. The third-order valence-corrected chi connectivity index (χ3v) is 6.59. The molecule has 1 atom stereocenters. The van der Waals surface area contributed by atoms with Crippen LogP contribution in [0, 0.1) is 23.1 Å². The Hall–Kier alpha value is -4.33. The molecule has 3 heterocycles. The normalized spacial score (nSPS) is 14.3. The number of rotatable bonds is 9. The number of pyridine rings is 2. The minimum atomic E-state index is -1.23. The predicted octanol–water partition coefficient (Wildman–Crippen LogP) is 7.51. The number of allylic oxidation sites excluding steroid dienone is 3. The zero-order chi connectivity index (χ0) is 28.4. The summed E-state index contributed by atoms with van der Waals surface area (Å²) in [4.78, 5) is 7.75. The van der Waals surface area contributed by atoms with Crippen molar-refractivity contribution in [3.05, 3.63) is 100 Å². The van der Waals surface area contributed by atoms with Gasteiger partial charge >= 0.3 is 0 Å². The number of nitrogens with one attached hydrogen (secondary N) is 2. The average molecular weight is 579 g/mol. The number of hydrogen-bond acceptors (Lipinski definition) is 7. The summed E-state index contributed by atoms with van der Waals surface area (Å²) in [6.45, 7) is 5.99. The number of halogens is 4. The van der Waals surface area contributed by atoms with E-state index in [4.69, 9.17) is 23.2 Å². The maximum atomic E-state index is 13.9. The van der Waals surface area contributed by atoms with Crippen LogP contribution in [0.4, 0.5) is 25.8 Å². The molecule has 4 aromatic rings. The van der Waals surface area contributed by atoms with Crippen LogP contribution in [-0.4, -0.2) is 25.0 Å². The van der Waals surface area contributed by atoms with Gasteiger partial charge in [0.05, 0.1) is 52.0 Å². The first-order valence-electron chi connectivity index (χ1n) is 12.2. The second-order valence-electron chi connectivity index (χ2n) is 9.25. The molecule has 0 unspecified atom stereocenters. The van der Waals surface area contributed by atoms with Crippen LogP contribution < -0.4 is 10.6 Å². The molecule has 5 rings (SSSR count). The van der Waals surface area contributed by atoms with Gasteiger partial charge in [-0.05, 0) is 43.5 Å². The van der Waals surface area contributed by atoms with Crippen molar-refractivity contribution >= 4 is 51.2 Å². The number of nitrogens with zero attached hydrogens (tertiary/aromatic N) is 6. The Balaban J connectivity index is 1.56. The van der Waals surface area contributed by atoms with E-state index < -0.39 is 17.8 Å². The maximum Gasteiger partial charge on any atom is 0.249 e. The van der Waals surface area contributed by atoms with Gasteiger partial charge < -0.3 is 10.6 Å². The molecule has 0 aliphatic heterocycles. The summed E-state index contributed by atoms with van der Waals surface area (Å²) in [5, 5.41) is 26.2. The summed E-state index contributed by atoms with van der Waals surface area (Å²) in [6.07, 6.45) is 11.8. The molecule has 8 nitrogen and oxygen atoms in total. The Morgan fingerprint density at radius 2 is 2.02 bits per heavy atom. The Labute approximate surface area is 238 Å². The van der Waals surface area contributed by atoms with E-state index in [1.165, 1.54) is 6.20 Å². The minimum Gasteiger partial charge on any atom is -0.373 e. The van der Waals surface area contributed by atoms with Gasteiger partial charge in [0.25, 0.3) is 0 Å². The van der Waals surface area contributed by atoms with Gasteiger partial charge in [0.1, 0.15) is 11.8 Å². The molecule has 1 aliphatic carbocycles. The van der Waals surface area contributed by atoms with Crippen LogP contribution in [0.1, 0.15) is 43.1 Å². The molecule has 0 radical (unpaired) electrons. The number of aromatic nitrogens is 5. The number of benzene rings is 1. The zero-order valence-electron chi connectivity index (χ0n) is 21.2. The fourth-order valence-electron chi connectivity index (χ4n) is 4.06. The average Bonchev–Trinajstić information content (AvgIpc) is 3.66. The Morgan fingerprint density at radius 1 is 1.23 bits per heavy atom. The van der Waals surface area contributed by atoms with Gasteiger partial charge in [0.15, 0.2) is 5.82 Å². The van der Waals surface area contributed by atoms with E-state index in [1.54, 1.807) is 31.2 Å². The predicted molar refractivity (Wildman–Crippen MR) is 151 cm³/mol. The third-order valence-electron chi connectivity index (χ3n) is 6.17. The molecule has 0 bridgehead atoms. The highest BCUT2D eigenvalue weighted by Gasteiger charge is 2.27. The molecule has 1 aliphatic rings. The second-order valence-corrected chi connectivity index (χ2v) is 10.3. The first-order chi connectivity index (χ1) is 19.2. The van der Waals surface area contributed by atoms with Crippen LogP contribution in [0.5, 0.6) is 0 Å². The van der Waals surface area contributed by atoms with E-state index in [1.807, 2.05) is 17.0 Å².